The van der Waals surface area contributed by atoms with Gasteiger partial charge in [-0.3, -0.25) is 14.3 Å². The van der Waals surface area contributed by atoms with Crippen LogP contribution in [0.5, 0.6) is 0 Å². The summed E-state index contributed by atoms with van der Waals surface area (Å²) in [6.45, 7) is 0.387. The molecule has 35 heavy (non-hydrogen) atoms. The first kappa shape index (κ1) is 22.6. The summed E-state index contributed by atoms with van der Waals surface area (Å²) in [4.78, 5) is 36.2. The van der Waals surface area contributed by atoms with Crippen molar-refractivity contribution in [3.8, 4) is 11.1 Å². The van der Waals surface area contributed by atoms with Crippen LogP contribution >= 0.6 is 0 Å². The molecule has 0 bridgehead atoms. The summed E-state index contributed by atoms with van der Waals surface area (Å²) in [7, 11) is 1.62. The van der Waals surface area contributed by atoms with Crippen LogP contribution in [-0.2, 0) is 23.1 Å². The molecule has 180 valence electrons. The Balaban J connectivity index is 1.15. The quantitative estimate of drug-likeness (QED) is 0.461. The summed E-state index contributed by atoms with van der Waals surface area (Å²) >= 11 is 0. The predicted molar refractivity (Wildman–Crippen MR) is 127 cm³/mol. The Kier molecular flexibility index (Phi) is 5.76. The number of carboxylic acid groups (broad SMARTS) is 1. The number of carbonyl (C=O) groups excluding carboxylic acids is 2. The minimum absolute atomic E-state index is 0.0288. The molecular weight excluding hydrogens is 448 g/mol. The highest BCUT2D eigenvalue weighted by molar-refractivity contribution is 5.93. The number of nitrogens with zero attached hydrogens (tertiary/aromatic N) is 2. The lowest BCUT2D eigenvalue weighted by atomic mass is 9.98. The zero-order valence-corrected chi connectivity index (χ0v) is 19.3. The second-order valence-electron chi connectivity index (χ2n) is 9.09. The number of hydrogen-bond donors (Lipinski definition) is 3. The van der Waals surface area contributed by atoms with E-state index in [-0.39, 0.29) is 31.3 Å². The SMILES string of the molecule is Cn1nc(CNC(=O)OCC2c3ccccc3-c3ccccc32)cc1C(=O)NCC1(C(=O)O)CC1. The van der Waals surface area contributed by atoms with E-state index in [1.165, 1.54) is 4.68 Å². The fourth-order valence-corrected chi connectivity index (χ4v) is 4.59. The van der Waals surface area contributed by atoms with E-state index in [1.54, 1.807) is 13.1 Å². The molecule has 1 aromatic heterocycles. The van der Waals surface area contributed by atoms with Gasteiger partial charge in [-0.15, -0.1) is 0 Å². The van der Waals surface area contributed by atoms with Crippen LogP contribution in [0.25, 0.3) is 11.1 Å². The number of alkyl carbamates (subject to hydrolysis) is 1. The van der Waals surface area contributed by atoms with Crippen LogP contribution in [0.3, 0.4) is 0 Å². The molecule has 9 heteroatoms. The molecule has 0 spiro atoms. The van der Waals surface area contributed by atoms with Crippen molar-refractivity contribution in [2.75, 3.05) is 13.2 Å². The van der Waals surface area contributed by atoms with Crippen LogP contribution in [0.15, 0.2) is 54.6 Å². The van der Waals surface area contributed by atoms with Crippen LogP contribution < -0.4 is 10.6 Å². The fraction of sp³-hybridized carbons (Fsp3) is 0.308. The number of amides is 2. The van der Waals surface area contributed by atoms with E-state index in [1.807, 2.05) is 24.3 Å². The highest BCUT2D eigenvalue weighted by Gasteiger charge is 2.50. The van der Waals surface area contributed by atoms with Gasteiger partial charge in [0.2, 0.25) is 0 Å². The summed E-state index contributed by atoms with van der Waals surface area (Å²) in [5, 5.41) is 18.9. The minimum atomic E-state index is -0.893. The summed E-state index contributed by atoms with van der Waals surface area (Å²) in [5.41, 5.74) is 4.53. The lowest BCUT2D eigenvalue weighted by Crippen LogP contribution is -2.35. The van der Waals surface area contributed by atoms with Crippen molar-refractivity contribution >= 4 is 18.0 Å². The van der Waals surface area contributed by atoms with Gasteiger partial charge in [-0.05, 0) is 41.2 Å². The standard InChI is InChI=1S/C26H26N4O5/c1-30-22(23(31)28-15-26(10-11-26)24(32)33)12-16(29-30)13-27-25(34)35-14-21-19-8-4-2-6-17(19)18-7-3-5-9-20(18)21/h2-9,12,21H,10-11,13-15H2,1H3,(H,27,34)(H,28,31)(H,32,33). The number of ether oxygens (including phenoxy) is 1. The molecule has 2 aromatic carbocycles. The van der Waals surface area contributed by atoms with Gasteiger partial charge in [0.05, 0.1) is 17.7 Å². The minimum Gasteiger partial charge on any atom is -0.481 e. The monoisotopic (exact) mass is 474 g/mol. The second-order valence-corrected chi connectivity index (χ2v) is 9.09. The third-order valence-corrected chi connectivity index (χ3v) is 6.82. The largest absolute Gasteiger partial charge is 0.481 e. The highest BCUT2D eigenvalue weighted by Crippen LogP contribution is 2.45. The van der Waals surface area contributed by atoms with E-state index >= 15 is 0 Å². The van der Waals surface area contributed by atoms with E-state index in [4.69, 9.17) is 4.74 Å². The first-order valence-electron chi connectivity index (χ1n) is 11.5. The van der Waals surface area contributed by atoms with Crippen molar-refractivity contribution < 1.29 is 24.2 Å². The number of aromatic nitrogens is 2. The van der Waals surface area contributed by atoms with Crippen LogP contribution in [0.2, 0.25) is 0 Å². The zero-order chi connectivity index (χ0) is 24.6. The molecule has 5 rings (SSSR count). The van der Waals surface area contributed by atoms with Gasteiger partial charge in [0, 0.05) is 19.5 Å². The van der Waals surface area contributed by atoms with Gasteiger partial charge >= 0.3 is 12.1 Å². The van der Waals surface area contributed by atoms with E-state index < -0.39 is 23.4 Å². The molecule has 0 atom stereocenters. The van der Waals surface area contributed by atoms with Crippen molar-refractivity contribution in [1.82, 2.24) is 20.4 Å². The number of benzene rings is 2. The molecule has 0 saturated heterocycles. The van der Waals surface area contributed by atoms with Crippen LogP contribution in [0.4, 0.5) is 4.79 Å². The summed E-state index contributed by atoms with van der Waals surface area (Å²) in [5.74, 6) is -1.32. The van der Waals surface area contributed by atoms with E-state index in [9.17, 15) is 19.5 Å². The molecule has 2 amide bonds. The van der Waals surface area contributed by atoms with Crippen molar-refractivity contribution in [2.45, 2.75) is 25.3 Å². The molecule has 3 aromatic rings. The molecule has 1 saturated carbocycles. The highest BCUT2D eigenvalue weighted by atomic mass is 16.5. The number of nitrogens with one attached hydrogen (secondary N) is 2. The number of aryl methyl sites for hydroxylation is 1. The second kappa shape index (κ2) is 8.90. The number of carbonyl (C=O) groups is 3. The number of carboxylic acids is 1. The maximum absolute atomic E-state index is 12.5. The van der Waals surface area contributed by atoms with E-state index in [0.29, 0.717) is 18.5 Å². The topological polar surface area (TPSA) is 123 Å². The molecule has 1 fully saturated rings. The third-order valence-electron chi connectivity index (χ3n) is 6.82. The molecule has 0 radical (unpaired) electrons. The number of hydrogen-bond acceptors (Lipinski definition) is 5. The first-order chi connectivity index (χ1) is 16.9. The Morgan fingerprint density at radius 1 is 1.06 bits per heavy atom. The Morgan fingerprint density at radius 2 is 1.69 bits per heavy atom. The normalized spacial score (nSPS) is 15.1. The van der Waals surface area contributed by atoms with Crippen LogP contribution in [-0.4, -0.2) is 46.0 Å². The maximum atomic E-state index is 12.5. The summed E-state index contributed by atoms with van der Waals surface area (Å²) in [6.07, 6.45) is 0.549. The Morgan fingerprint density at radius 3 is 2.29 bits per heavy atom. The molecule has 2 aliphatic rings. The van der Waals surface area contributed by atoms with Gasteiger partial charge in [-0.2, -0.15) is 5.10 Å². The van der Waals surface area contributed by atoms with Crippen molar-refractivity contribution in [1.29, 1.82) is 0 Å². The summed E-state index contributed by atoms with van der Waals surface area (Å²) in [6, 6.07) is 17.8. The molecule has 1 heterocycles. The van der Waals surface area contributed by atoms with Crippen molar-refractivity contribution in [3.63, 3.8) is 0 Å². The average Bonchev–Trinajstić information content (AvgIpc) is 3.48. The smallest absolute Gasteiger partial charge is 0.407 e. The van der Waals surface area contributed by atoms with Gasteiger partial charge in [-0.1, -0.05) is 48.5 Å². The first-order valence-corrected chi connectivity index (χ1v) is 11.5. The Hall–Kier alpha value is -4.14. The van der Waals surface area contributed by atoms with Gasteiger partial charge in [0.1, 0.15) is 12.3 Å². The molecular formula is C26H26N4O5. The van der Waals surface area contributed by atoms with E-state index in [2.05, 4.69) is 40.0 Å². The zero-order valence-electron chi connectivity index (χ0n) is 19.3. The van der Waals surface area contributed by atoms with Gasteiger partial charge in [0.25, 0.3) is 5.91 Å². The predicted octanol–water partition coefficient (Wildman–Crippen LogP) is 3.05. The number of aliphatic carboxylic acids is 1. The maximum Gasteiger partial charge on any atom is 0.407 e. The van der Waals surface area contributed by atoms with Gasteiger partial charge < -0.3 is 20.5 Å². The van der Waals surface area contributed by atoms with Crippen molar-refractivity contribution in [3.05, 3.63) is 77.1 Å². The van der Waals surface area contributed by atoms with Gasteiger partial charge in [0.15, 0.2) is 0 Å². The Bertz CT molecular complexity index is 1270. The molecule has 2 aliphatic carbocycles. The summed E-state index contributed by atoms with van der Waals surface area (Å²) < 4.78 is 6.94. The molecule has 0 aliphatic heterocycles. The van der Waals surface area contributed by atoms with Crippen molar-refractivity contribution in [2.24, 2.45) is 12.5 Å². The lowest BCUT2D eigenvalue weighted by Gasteiger charge is -2.14. The molecule has 9 nitrogen and oxygen atoms in total. The van der Waals surface area contributed by atoms with Crippen LogP contribution in [0, 0.1) is 5.41 Å². The fourth-order valence-electron chi connectivity index (χ4n) is 4.59. The van der Waals surface area contributed by atoms with Gasteiger partial charge in [-0.25, -0.2) is 4.79 Å². The lowest BCUT2D eigenvalue weighted by molar-refractivity contribution is -0.143. The average molecular weight is 475 g/mol. The number of fused-ring (bicyclic) bond motifs is 3. The van der Waals surface area contributed by atoms with Crippen LogP contribution in [0.1, 0.15) is 46.1 Å². The third kappa shape index (κ3) is 4.37. The molecule has 0 unspecified atom stereocenters. The Labute approximate surface area is 202 Å². The number of rotatable bonds is 8. The molecule has 3 N–H and O–H groups in total. The van der Waals surface area contributed by atoms with E-state index in [0.717, 1.165) is 22.3 Å².